The molecule has 1 atom stereocenters. The summed E-state index contributed by atoms with van der Waals surface area (Å²) in [4.78, 5) is 11.1. The van der Waals surface area contributed by atoms with Crippen molar-refractivity contribution in [1.29, 1.82) is 0 Å². The van der Waals surface area contributed by atoms with Gasteiger partial charge in [0.25, 0.3) is 0 Å². The Morgan fingerprint density at radius 1 is 1.50 bits per heavy atom. The molecule has 0 aromatic carbocycles. The van der Waals surface area contributed by atoms with Gasteiger partial charge in [0.2, 0.25) is 0 Å². The number of ether oxygens (including phenoxy) is 1. The Labute approximate surface area is 62.6 Å². The number of Topliss-reactive ketones (excluding diaryl/α,β-unsaturated/α-hetero) is 1. The molecule has 0 fully saturated rings. The van der Waals surface area contributed by atoms with Crippen molar-refractivity contribution >= 4 is 5.78 Å². The van der Waals surface area contributed by atoms with E-state index in [9.17, 15) is 4.79 Å². The van der Waals surface area contributed by atoms with E-state index in [0.29, 0.717) is 6.42 Å². The molecule has 10 heavy (non-hydrogen) atoms. The Kier molecular flexibility index (Phi) is 5.22. The zero-order chi connectivity index (χ0) is 7.98. The summed E-state index contributed by atoms with van der Waals surface area (Å²) in [6.45, 7) is 3.96. The number of hydrogen-bond acceptors (Lipinski definition) is 2. The summed E-state index contributed by atoms with van der Waals surface area (Å²) in [6, 6.07) is 0. The second kappa shape index (κ2) is 5.42. The van der Waals surface area contributed by atoms with E-state index in [-0.39, 0.29) is 11.9 Å². The third-order valence-electron chi connectivity index (χ3n) is 1.51. The van der Waals surface area contributed by atoms with Gasteiger partial charge in [-0.1, -0.05) is 13.8 Å². The molecule has 0 saturated carbocycles. The summed E-state index contributed by atoms with van der Waals surface area (Å²) in [5.74, 6) is 0.229. The van der Waals surface area contributed by atoms with Crippen LogP contribution in [0.4, 0.5) is 0 Å². The van der Waals surface area contributed by atoms with Crippen LogP contribution >= 0.6 is 0 Å². The molecule has 0 aliphatic rings. The predicted octanol–water partition coefficient (Wildman–Crippen LogP) is 1.78. The van der Waals surface area contributed by atoms with Gasteiger partial charge >= 0.3 is 0 Å². The van der Waals surface area contributed by atoms with Gasteiger partial charge < -0.3 is 4.74 Å². The lowest BCUT2D eigenvalue weighted by Gasteiger charge is -2.09. The van der Waals surface area contributed by atoms with E-state index in [1.54, 1.807) is 7.11 Å². The predicted molar refractivity (Wildman–Crippen MR) is 41.0 cm³/mol. The smallest absolute Gasteiger partial charge is 0.161 e. The average Bonchev–Trinajstić information content (AvgIpc) is 1.91. The first kappa shape index (κ1) is 9.63. The van der Waals surface area contributed by atoms with Crippen LogP contribution < -0.4 is 0 Å². The third kappa shape index (κ3) is 2.97. The van der Waals surface area contributed by atoms with Crippen molar-refractivity contribution in [3.05, 3.63) is 0 Å². The molecule has 2 nitrogen and oxygen atoms in total. The Balaban J connectivity index is 3.65. The maximum atomic E-state index is 11.1. The molecule has 0 N–H and O–H groups in total. The number of hydrogen-bond donors (Lipinski definition) is 0. The topological polar surface area (TPSA) is 26.3 Å². The van der Waals surface area contributed by atoms with Gasteiger partial charge in [-0.3, -0.25) is 4.79 Å². The molecule has 2 heteroatoms. The molecule has 1 unspecified atom stereocenters. The Morgan fingerprint density at radius 3 is 2.40 bits per heavy atom. The van der Waals surface area contributed by atoms with Crippen molar-refractivity contribution in [2.75, 3.05) is 7.11 Å². The Bertz CT molecular complexity index is 95.4. The average molecular weight is 144 g/mol. The molecule has 60 valence electrons. The minimum atomic E-state index is -0.167. The lowest BCUT2D eigenvalue weighted by molar-refractivity contribution is -0.128. The largest absolute Gasteiger partial charge is 0.374 e. The van der Waals surface area contributed by atoms with Crippen LogP contribution in [0, 0.1) is 0 Å². The lowest BCUT2D eigenvalue weighted by atomic mass is 10.1. The van der Waals surface area contributed by atoms with E-state index in [1.165, 1.54) is 0 Å². The van der Waals surface area contributed by atoms with Crippen LogP contribution in [-0.2, 0) is 9.53 Å². The van der Waals surface area contributed by atoms with Gasteiger partial charge in [0.15, 0.2) is 5.78 Å². The molecule has 0 heterocycles. The first-order valence-electron chi connectivity index (χ1n) is 3.81. The second-order valence-electron chi connectivity index (χ2n) is 2.35. The maximum Gasteiger partial charge on any atom is 0.161 e. The van der Waals surface area contributed by atoms with Crippen LogP contribution in [0.1, 0.15) is 33.1 Å². The summed E-state index contributed by atoms with van der Waals surface area (Å²) in [6.07, 6.45) is 2.18. The number of ketones is 1. The van der Waals surface area contributed by atoms with Crippen LogP contribution in [0.25, 0.3) is 0 Å². The lowest BCUT2D eigenvalue weighted by Crippen LogP contribution is -2.21. The van der Waals surface area contributed by atoms with Crippen molar-refractivity contribution in [2.45, 2.75) is 39.2 Å². The first-order chi connectivity index (χ1) is 4.76. The zero-order valence-electron chi connectivity index (χ0n) is 7.02. The third-order valence-corrected chi connectivity index (χ3v) is 1.51. The second-order valence-corrected chi connectivity index (χ2v) is 2.35. The van der Waals surface area contributed by atoms with Crippen molar-refractivity contribution in [3.8, 4) is 0 Å². The van der Waals surface area contributed by atoms with Crippen LogP contribution in [0.2, 0.25) is 0 Å². The summed E-state index contributed by atoms with van der Waals surface area (Å²) in [5, 5.41) is 0. The Hall–Kier alpha value is -0.370. The van der Waals surface area contributed by atoms with E-state index in [1.807, 2.05) is 13.8 Å². The highest BCUT2D eigenvalue weighted by Crippen LogP contribution is 2.02. The normalized spacial score (nSPS) is 13.1. The number of carbonyl (C=O) groups excluding carboxylic acids is 1. The van der Waals surface area contributed by atoms with E-state index in [2.05, 4.69) is 0 Å². The van der Waals surface area contributed by atoms with Crippen LogP contribution in [0.5, 0.6) is 0 Å². The summed E-state index contributed by atoms with van der Waals surface area (Å²) < 4.78 is 4.96. The highest BCUT2D eigenvalue weighted by Gasteiger charge is 2.12. The van der Waals surface area contributed by atoms with Gasteiger partial charge in [-0.2, -0.15) is 0 Å². The van der Waals surface area contributed by atoms with E-state index >= 15 is 0 Å². The van der Waals surface area contributed by atoms with Crippen molar-refractivity contribution < 1.29 is 9.53 Å². The van der Waals surface area contributed by atoms with Gasteiger partial charge in [0.1, 0.15) is 6.10 Å². The van der Waals surface area contributed by atoms with Gasteiger partial charge in [-0.25, -0.2) is 0 Å². The molecule has 0 saturated heterocycles. The molecule has 0 radical (unpaired) electrons. The molecule has 0 aromatic rings. The van der Waals surface area contributed by atoms with Crippen molar-refractivity contribution in [1.82, 2.24) is 0 Å². The summed E-state index contributed by atoms with van der Waals surface area (Å²) in [5.41, 5.74) is 0. The minimum absolute atomic E-state index is 0.167. The van der Waals surface area contributed by atoms with Gasteiger partial charge in [-0.05, 0) is 12.8 Å². The number of rotatable bonds is 5. The first-order valence-corrected chi connectivity index (χ1v) is 3.81. The fourth-order valence-corrected chi connectivity index (χ4v) is 0.933. The Morgan fingerprint density at radius 2 is 2.10 bits per heavy atom. The van der Waals surface area contributed by atoms with Gasteiger partial charge in [0.05, 0.1) is 0 Å². The molecule has 0 aromatic heterocycles. The molecular weight excluding hydrogens is 128 g/mol. The molecular formula is C8H16O2. The molecule has 0 bridgehead atoms. The highest BCUT2D eigenvalue weighted by atomic mass is 16.5. The SMILES string of the molecule is CCCC(=O)C(CC)OC. The van der Waals surface area contributed by atoms with Crippen molar-refractivity contribution in [3.63, 3.8) is 0 Å². The number of methoxy groups -OCH3 is 1. The fourth-order valence-electron chi connectivity index (χ4n) is 0.933. The zero-order valence-corrected chi connectivity index (χ0v) is 7.02. The molecule has 0 amide bonds. The van der Waals surface area contributed by atoms with Crippen LogP contribution in [-0.4, -0.2) is 19.0 Å². The highest BCUT2D eigenvalue weighted by molar-refractivity contribution is 5.82. The van der Waals surface area contributed by atoms with Crippen molar-refractivity contribution in [2.24, 2.45) is 0 Å². The maximum absolute atomic E-state index is 11.1. The quantitative estimate of drug-likeness (QED) is 0.588. The van der Waals surface area contributed by atoms with Crippen LogP contribution in [0.15, 0.2) is 0 Å². The number of carbonyl (C=O) groups is 1. The summed E-state index contributed by atoms with van der Waals surface area (Å²) in [7, 11) is 1.59. The molecule has 0 rings (SSSR count). The van der Waals surface area contributed by atoms with E-state index in [0.717, 1.165) is 12.8 Å². The molecule has 0 spiro atoms. The van der Waals surface area contributed by atoms with E-state index in [4.69, 9.17) is 4.74 Å². The monoisotopic (exact) mass is 144 g/mol. The minimum Gasteiger partial charge on any atom is -0.374 e. The van der Waals surface area contributed by atoms with Crippen LogP contribution in [0.3, 0.4) is 0 Å². The van der Waals surface area contributed by atoms with E-state index < -0.39 is 0 Å². The molecule has 0 aliphatic heterocycles. The summed E-state index contributed by atoms with van der Waals surface area (Å²) >= 11 is 0. The fraction of sp³-hybridized carbons (Fsp3) is 0.875. The molecule has 0 aliphatic carbocycles. The standard InChI is InChI=1S/C8H16O2/c1-4-6-7(9)8(5-2)10-3/h8H,4-6H2,1-3H3. The van der Waals surface area contributed by atoms with Gasteiger partial charge in [0, 0.05) is 13.5 Å². The van der Waals surface area contributed by atoms with Gasteiger partial charge in [-0.15, -0.1) is 0 Å².